The van der Waals surface area contributed by atoms with Crippen LogP contribution in [0, 0.1) is 0 Å². The summed E-state index contributed by atoms with van der Waals surface area (Å²) in [4.78, 5) is 6.79. The summed E-state index contributed by atoms with van der Waals surface area (Å²) in [6.07, 6.45) is 6.66. The van der Waals surface area contributed by atoms with Crippen LogP contribution in [-0.4, -0.2) is 42.7 Å². The Balaban J connectivity index is 1.69. The van der Waals surface area contributed by atoms with E-state index in [0.29, 0.717) is 6.54 Å². The van der Waals surface area contributed by atoms with Crippen LogP contribution in [0.5, 0.6) is 5.75 Å². The second-order valence-electron chi connectivity index (χ2n) is 4.77. The Labute approximate surface area is 109 Å². The molecule has 0 radical (unpaired) electrons. The summed E-state index contributed by atoms with van der Waals surface area (Å²) in [5.41, 5.74) is 6.51. The highest BCUT2D eigenvalue weighted by atomic mass is 16.5. The molecule has 4 nitrogen and oxygen atoms in total. The quantitative estimate of drug-likeness (QED) is 0.829. The fourth-order valence-electron chi connectivity index (χ4n) is 2.27. The molecular formula is C14H23N3O. The first-order valence-corrected chi connectivity index (χ1v) is 6.88. The minimum Gasteiger partial charge on any atom is -0.491 e. The SMILES string of the molecule is NCCc1ccc(OCCN2CCCCC2)cn1. The predicted octanol–water partition coefficient (Wildman–Crippen LogP) is 1.45. The molecule has 2 N–H and O–H groups in total. The van der Waals surface area contributed by atoms with Crippen LogP contribution in [0.4, 0.5) is 0 Å². The van der Waals surface area contributed by atoms with Crippen LogP contribution in [0.25, 0.3) is 0 Å². The minimum atomic E-state index is 0.641. The molecule has 0 amide bonds. The number of nitrogens with zero attached hydrogens (tertiary/aromatic N) is 2. The summed E-state index contributed by atoms with van der Waals surface area (Å²) in [6, 6.07) is 3.97. The van der Waals surface area contributed by atoms with Crippen molar-refractivity contribution in [2.24, 2.45) is 5.73 Å². The molecule has 2 rings (SSSR count). The molecule has 0 unspecified atom stereocenters. The first kappa shape index (κ1) is 13.3. The van der Waals surface area contributed by atoms with E-state index < -0.39 is 0 Å². The van der Waals surface area contributed by atoms with Gasteiger partial charge in [-0.2, -0.15) is 0 Å². The molecule has 2 heterocycles. The number of rotatable bonds is 6. The van der Waals surface area contributed by atoms with E-state index in [0.717, 1.165) is 31.0 Å². The lowest BCUT2D eigenvalue weighted by Crippen LogP contribution is -2.33. The van der Waals surface area contributed by atoms with E-state index in [4.69, 9.17) is 10.5 Å². The van der Waals surface area contributed by atoms with Gasteiger partial charge in [-0.25, -0.2) is 0 Å². The lowest BCUT2D eigenvalue weighted by molar-refractivity contribution is 0.183. The monoisotopic (exact) mass is 249 g/mol. The van der Waals surface area contributed by atoms with Gasteiger partial charge in [-0.05, 0) is 44.6 Å². The van der Waals surface area contributed by atoms with Crippen LogP contribution < -0.4 is 10.5 Å². The molecule has 1 saturated heterocycles. The molecule has 0 spiro atoms. The van der Waals surface area contributed by atoms with Crippen LogP contribution in [0.15, 0.2) is 18.3 Å². The van der Waals surface area contributed by atoms with E-state index in [2.05, 4.69) is 9.88 Å². The maximum absolute atomic E-state index is 5.71. The lowest BCUT2D eigenvalue weighted by Gasteiger charge is -2.26. The zero-order valence-corrected chi connectivity index (χ0v) is 11.0. The molecule has 18 heavy (non-hydrogen) atoms. The molecule has 1 aliphatic heterocycles. The van der Waals surface area contributed by atoms with Crippen molar-refractivity contribution in [3.05, 3.63) is 24.0 Å². The van der Waals surface area contributed by atoms with Crippen molar-refractivity contribution in [1.82, 2.24) is 9.88 Å². The molecule has 0 saturated carbocycles. The van der Waals surface area contributed by atoms with Gasteiger partial charge in [0.25, 0.3) is 0 Å². The first-order valence-electron chi connectivity index (χ1n) is 6.88. The van der Waals surface area contributed by atoms with Gasteiger partial charge >= 0.3 is 0 Å². The third-order valence-corrected chi connectivity index (χ3v) is 3.32. The maximum atomic E-state index is 5.71. The predicted molar refractivity (Wildman–Crippen MR) is 72.8 cm³/mol. The van der Waals surface area contributed by atoms with E-state index in [1.54, 1.807) is 6.20 Å². The lowest BCUT2D eigenvalue weighted by atomic mass is 10.1. The maximum Gasteiger partial charge on any atom is 0.137 e. The van der Waals surface area contributed by atoms with Gasteiger partial charge in [-0.1, -0.05) is 6.42 Å². The summed E-state index contributed by atoms with van der Waals surface area (Å²) in [6.45, 7) is 4.85. The normalized spacial score (nSPS) is 16.7. The number of piperidine rings is 1. The van der Waals surface area contributed by atoms with Crippen LogP contribution in [0.1, 0.15) is 25.0 Å². The van der Waals surface area contributed by atoms with Crippen molar-refractivity contribution in [3.8, 4) is 5.75 Å². The van der Waals surface area contributed by atoms with Gasteiger partial charge in [-0.15, -0.1) is 0 Å². The van der Waals surface area contributed by atoms with Crippen LogP contribution >= 0.6 is 0 Å². The zero-order valence-electron chi connectivity index (χ0n) is 11.0. The van der Waals surface area contributed by atoms with Gasteiger partial charge in [0.05, 0.1) is 6.20 Å². The number of ether oxygens (including phenoxy) is 1. The highest BCUT2D eigenvalue weighted by Gasteiger charge is 2.09. The summed E-state index contributed by atoms with van der Waals surface area (Å²) < 4.78 is 5.71. The van der Waals surface area contributed by atoms with E-state index in [1.165, 1.54) is 32.4 Å². The first-order chi connectivity index (χ1) is 8.88. The Bertz CT molecular complexity index is 333. The molecular weight excluding hydrogens is 226 g/mol. The fourth-order valence-corrected chi connectivity index (χ4v) is 2.27. The molecule has 100 valence electrons. The van der Waals surface area contributed by atoms with Crippen molar-refractivity contribution in [2.75, 3.05) is 32.8 Å². The number of aromatic nitrogens is 1. The number of hydrogen-bond acceptors (Lipinski definition) is 4. The van der Waals surface area contributed by atoms with Crippen LogP contribution in [0.3, 0.4) is 0 Å². The van der Waals surface area contributed by atoms with E-state index in [-0.39, 0.29) is 0 Å². The molecule has 4 heteroatoms. The third-order valence-electron chi connectivity index (χ3n) is 3.32. The van der Waals surface area contributed by atoms with E-state index in [1.807, 2.05) is 12.1 Å². The van der Waals surface area contributed by atoms with Gasteiger partial charge in [0, 0.05) is 18.7 Å². The van der Waals surface area contributed by atoms with Crippen molar-refractivity contribution in [1.29, 1.82) is 0 Å². The summed E-state index contributed by atoms with van der Waals surface area (Å²) >= 11 is 0. The van der Waals surface area contributed by atoms with Gasteiger partial charge < -0.3 is 10.5 Å². The van der Waals surface area contributed by atoms with Gasteiger partial charge in [0.2, 0.25) is 0 Å². The smallest absolute Gasteiger partial charge is 0.137 e. The number of nitrogens with two attached hydrogens (primary N) is 1. The fraction of sp³-hybridized carbons (Fsp3) is 0.643. The van der Waals surface area contributed by atoms with Crippen LogP contribution in [-0.2, 0) is 6.42 Å². The topological polar surface area (TPSA) is 51.4 Å². The molecule has 1 aromatic heterocycles. The Morgan fingerprint density at radius 2 is 2.06 bits per heavy atom. The van der Waals surface area contributed by atoms with Crippen molar-refractivity contribution in [3.63, 3.8) is 0 Å². The largest absolute Gasteiger partial charge is 0.491 e. The molecule has 1 aromatic rings. The average Bonchev–Trinajstić information content (AvgIpc) is 2.42. The van der Waals surface area contributed by atoms with E-state index >= 15 is 0 Å². The van der Waals surface area contributed by atoms with Crippen molar-refractivity contribution >= 4 is 0 Å². The number of likely N-dealkylation sites (tertiary alicyclic amines) is 1. The van der Waals surface area contributed by atoms with Gasteiger partial charge in [0.15, 0.2) is 0 Å². The zero-order chi connectivity index (χ0) is 12.6. The molecule has 1 fully saturated rings. The third kappa shape index (κ3) is 4.27. The highest BCUT2D eigenvalue weighted by Crippen LogP contribution is 2.11. The average molecular weight is 249 g/mol. The Morgan fingerprint density at radius 3 is 2.72 bits per heavy atom. The Morgan fingerprint density at radius 1 is 1.22 bits per heavy atom. The standard InChI is InChI=1S/C14H23N3O/c15-7-6-13-4-5-14(12-16-13)18-11-10-17-8-2-1-3-9-17/h4-5,12H,1-3,6-11,15H2. The molecule has 0 aliphatic carbocycles. The Kier molecular flexibility index (Phi) is 5.42. The van der Waals surface area contributed by atoms with Crippen LogP contribution in [0.2, 0.25) is 0 Å². The van der Waals surface area contributed by atoms with Crippen molar-refractivity contribution < 1.29 is 4.74 Å². The second-order valence-corrected chi connectivity index (χ2v) is 4.77. The summed E-state index contributed by atoms with van der Waals surface area (Å²) in [5, 5.41) is 0. The highest BCUT2D eigenvalue weighted by molar-refractivity contribution is 5.19. The molecule has 0 bridgehead atoms. The molecule has 0 atom stereocenters. The van der Waals surface area contributed by atoms with Gasteiger partial charge in [-0.3, -0.25) is 9.88 Å². The summed E-state index contributed by atoms with van der Waals surface area (Å²) in [7, 11) is 0. The number of hydrogen-bond donors (Lipinski definition) is 1. The van der Waals surface area contributed by atoms with Gasteiger partial charge in [0.1, 0.15) is 12.4 Å². The Hall–Kier alpha value is -1.13. The molecule has 0 aromatic carbocycles. The summed E-state index contributed by atoms with van der Waals surface area (Å²) in [5.74, 6) is 0.854. The van der Waals surface area contributed by atoms with E-state index in [9.17, 15) is 0 Å². The minimum absolute atomic E-state index is 0.641. The van der Waals surface area contributed by atoms with Crippen molar-refractivity contribution in [2.45, 2.75) is 25.7 Å². The molecule has 1 aliphatic rings. The second kappa shape index (κ2) is 7.34. The number of pyridine rings is 1.